The van der Waals surface area contributed by atoms with Crippen LogP contribution in [0.15, 0.2) is 24.3 Å². The van der Waals surface area contributed by atoms with Crippen molar-refractivity contribution in [1.82, 2.24) is 5.32 Å². The second kappa shape index (κ2) is 6.71. The number of carbonyl (C=O) groups is 1. The zero-order valence-electron chi connectivity index (χ0n) is 10.4. The fourth-order valence-corrected chi connectivity index (χ4v) is 2.13. The maximum Gasteiger partial charge on any atom is 0.231 e. The minimum atomic E-state index is -0.283. The van der Waals surface area contributed by atoms with Gasteiger partial charge in [-0.3, -0.25) is 4.79 Å². The number of nitrogens with zero attached hydrogens (tertiary/aromatic N) is 1. The molecule has 1 aliphatic heterocycles. The third-order valence-electron chi connectivity index (χ3n) is 3.19. The van der Waals surface area contributed by atoms with E-state index in [0.717, 1.165) is 31.6 Å². The number of amides is 1. The topological polar surface area (TPSA) is 32.3 Å². The van der Waals surface area contributed by atoms with Crippen LogP contribution >= 0.6 is 12.4 Å². The first-order chi connectivity index (χ1) is 8.18. The molecule has 0 radical (unpaired) electrons. The van der Waals surface area contributed by atoms with Crippen molar-refractivity contribution in [2.75, 3.05) is 25.0 Å². The van der Waals surface area contributed by atoms with Crippen LogP contribution in [0.4, 0.5) is 10.1 Å². The fourth-order valence-electron chi connectivity index (χ4n) is 2.13. The van der Waals surface area contributed by atoms with Gasteiger partial charge in [-0.05, 0) is 43.7 Å². The fraction of sp³-hybridized carbons (Fsp3) is 0.462. The van der Waals surface area contributed by atoms with E-state index in [4.69, 9.17) is 0 Å². The van der Waals surface area contributed by atoms with Crippen molar-refractivity contribution in [3.05, 3.63) is 30.1 Å². The second-order valence-electron chi connectivity index (χ2n) is 4.42. The van der Waals surface area contributed by atoms with Gasteiger partial charge in [-0.25, -0.2) is 4.39 Å². The van der Waals surface area contributed by atoms with Gasteiger partial charge in [0.2, 0.25) is 5.91 Å². The molecule has 1 saturated heterocycles. The van der Waals surface area contributed by atoms with Crippen LogP contribution in [0.3, 0.4) is 0 Å². The molecule has 1 amide bonds. The lowest BCUT2D eigenvalue weighted by molar-refractivity contribution is -0.122. The molecule has 1 aromatic carbocycles. The van der Waals surface area contributed by atoms with Crippen molar-refractivity contribution < 1.29 is 9.18 Å². The summed E-state index contributed by atoms with van der Waals surface area (Å²) in [5.41, 5.74) is 0.738. The highest BCUT2D eigenvalue weighted by Crippen LogP contribution is 2.19. The number of rotatable bonds is 2. The maximum absolute atomic E-state index is 12.8. The molecule has 100 valence electrons. The molecule has 1 fully saturated rings. The van der Waals surface area contributed by atoms with Gasteiger partial charge in [0.1, 0.15) is 5.82 Å². The van der Waals surface area contributed by atoms with Crippen molar-refractivity contribution in [3.8, 4) is 0 Å². The highest BCUT2D eigenvalue weighted by atomic mass is 35.5. The molecule has 0 aromatic heterocycles. The summed E-state index contributed by atoms with van der Waals surface area (Å²) in [6.07, 6.45) is 1.96. The normalized spacial score (nSPS) is 18.9. The molecule has 1 aromatic rings. The van der Waals surface area contributed by atoms with Gasteiger partial charge in [-0.2, -0.15) is 0 Å². The zero-order valence-corrected chi connectivity index (χ0v) is 11.2. The van der Waals surface area contributed by atoms with E-state index < -0.39 is 0 Å². The first kappa shape index (κ1) is 14.9. The SMILES string of the molecule is CN(C(=O)[C@@H]1CCCNC1)c1ccc(F)cc1.Cl. The molecule has 1 heterocycles. The molecule has 1 aliphatic rings. The van der Waals surface area contributed by atoms with Gasteiger partial charge in [-0.1, -0.05) is 0 Å². The lowest BCUT2D eigenvalue weighted by Gasteiger charge is -2.27. The Balaban J connectivity index is 0.00000162. The van der Waals surface area contributed by atoms with Crippen LogP contribution in [0.25, 0.3) is 0 Å². The van der Waals surface area contributed by atoms with Crippen LogP contribution in [0, 0.1) is 11.7 Å². The Bertz CT molecular complexity index is 390. The molecular formula is C13H18ClFN2O. The maximum atomic E-state index is 12.8. The number of hydrogen-bond acceptors (Lipinski definition) is 2. The number of carbonyl (C=O) groups excluding carboxylic acids is 1. The van der Waals surface area contributed by atoms with Gasteiger partial charge < -0.3 is 10.2 Å². The molecule has 3 nitrogen and oxygen atoms in total. The number of halogens is 2. The Hall–Kier alpha value is -1.13. The minimum absolute atomic E-state index is 0. The van der Waals surface area contributed by atoms with Crippen LogP contribution in [-0.2, 0) is 4.79 Å². The van der Waals surface area contributed by atoms with Gasteiger partial charge in [0, 0.05) is 19.3 Å². The quantitative estimate of drug-likeness (QED) is 0.895. The third-order valence-corrected chi connectivity index (χ3v) is 3.19. The van der Waals surface area contributed by atoms with Crippen molar-refractivity contribution in [3.63, 3.8) is 0 Å². The summed E-state index contributed by atoms with van der Waals surface area (Å²) in [4.78, 5) is 13.8. The third kappa shape index (κ3) is 3.43. The predicted molar refractivity (Wildman–Crippen MR) is 72.7 cm³/mol. The summed E-state index contributed by atoms with van der Waals surface area (Å²) in [7, 11) is 1.74. The summed E-state index contributed by atoms with van der Waals surface area (Å²) in [5.74, 6) is -0.142. The van der Waals surface area contributed by atoms with E-state index >= 15 is 0 Å². The smallest absolute Gasteiger partial charge is 0.231 e. The molecule has 5 heteroatoms. The molecule has 0 aliphatic carbocycles. The Kier molecular flexibility index (Phi) is 5.56. The van der Waals surface area contributed by atoms with E-state index in [1.54, 1.807) is 24.1 Å². The van der Waals surface area contributed by atoms with Gasteiger partial charge in [-0.15, -0.1) is 12.4 Å². The Morgan fingerprint density at radius 2 is 2.06 bits per heavy atom. The van der Waals surface area contributed by atoms with Gasteiger partial charge in [0.25, 0.3) is 0 Å². The van der Waals surface area contributed by atoms with Crippen LogP contribution in [0.1, 0.15) is 12.8 Å². The van der Waals surface area contributed by atoms with E-state index in [0.29, 0.717) is 0 Å². The summed E-state index contributed by atoms with van der Waals surface area (Å²) >= 11 is 0. The number of piperidine rings is 1. The zero-order chi connectivity index (χ0) is 12.3. The molecule has 1 N–H and O–H groups in total. The van der Waals surface area contributed by atoms with Gasteiger partial charge >= 0.3 is 0 Å². The van der Waals surface area contributed by atoms with E-state index in [9.17, 15) is 9.18 Å². The van der Waals surface area contributed by atoms with Crippen LogP contribution in [-0.4, -0.2) is 26.0 Å². The van der Waals surface area contributed by atoms with Crippen molar-refractivity contribution in [1.29, 1.82) is 0 Å². The van der Waals surface area contributed by atoms with Crippen LogP contribution < -0.4 is 10.2 Å². The molecule has 0 bridgehead atoms. The summed E-state index contributed by atoms with van der Waals surface area (Å²) < 4.78 is 12.8. The van der Waals surface area contributed by atoms with E-state index in [1.807, 2.05) is 0 Å². The first-order valence-electron chi connectivity index (χ1n) is 5.92. The monoisotopic (exact) mass is 272 g/mol. The number of benzene rings is 1. The van der Waals surface area contributed by atoms with Crippen molar-refractivity contribution >= 4 is 24.0 Å². The molecule has 0 spiro atoms. The van der Waals surface area contributed by atoms with E-state index in [2.05, 4.69) is 5.32 Å². The molecule has 0 unspecified atom stereocenters. The summed E-state index contributed by atoms with van der Waals surface area (Å²) in [6.45, 7) is 1.73. The van der Waals surface area contributed by atoms with Crippen molar-refractivity contribution in [2.24, 2.45) is 5.92 Å². The average Bonchev–Trinajstić information content (AvgIpc) is 2.39. The average molecular weight is 273 g/mol. The molecular weight excluding hydrogens is 255 g/mol. The lowest BCUT2D eigenvalue weighted by Crippen LogP contribution is -2.41. The van der Waals surface area contributed by atoms with Crippen molar-refractivity contribution in [2.45, 2.75) is 12.8 Å². The Morgan fingerprint density at radius 3 is 2.61 bits per heavy atom. The number of nitrogens with one attached hydrogen (secondary N) is 1. The lowest BCUT2D eigenvalue weighted by atomic mass is 9.98. The minimum Gasteiger partial charge on any atom is -0.316 e. The molecule has 2 rings (SSSR count). The van der Waals surface area contributed by atoms with Crippen LogP contribution in [0.5, 0.6) is 0 Å². The number of anilines is 1. The standard InChI is InChI=1S/C13H17FN2O.ClH/c1-16(12-6-4-11(14)5-7-12)13(17)10-3-2-8-15-9-10;/h4-7,10,15H,2-3,8-9H2,1H3;1H/t10-;/m1./s1. The summed E-state index contributed by atoms with van der Waals surface area (Å²) in [5, 5.41) is 3.22. The Labute approximate surface area is 113 Å². The highest BCUT2D eigenvalue weighted by Gasteiger charge is 2.24. The second-order valence-corrected chi connectivity index (χ2v) is 4.42. The van der Waals surface area contributed by atoms with E-state index in [-0.39, 0.29) is 30.0 Å². The van der Waals surface area contributed by atoms with E-state index in [1.165, 1.54) is 12.1 Å². The summed E-state index contributed by atoms with van der Waals surface area (Å²) in [6, 6.07) is 6.00. The number of hydrogen-bond donors (Lipinski definition) is 1. The van der Waals surface area contributed by atoms with Gasteiger partial charge in [0.05, 0.1) is 5.92 Å². The molecule has 18 heavy (non-hydrogen) atoms. The van der Waals surface area contributed by atoms with Crippen LogP contribution in [0.2, 0.25) is 0 Å². The van der Waals surface area contributed by atoms with Gasteiger partial charge in [0.15, 0.2) is 0 Å². The molecule has 1 atom stereocenters. The largest absolute Gasteiger partial charge is 0.316 e. The molecule has 0 saturated carbocycles. The predicted octanol–water partition coefficient (Wildman–Crippen LogP) is 2.21. The Morgan fingerprint density at radius 1 is 1.39 bits per heavy atom. The first-order valence-corrected chi connectivity index (χ1v) is 5.92. The highest BCUT2D eigenvalue weighted by molar-refractivity contribution is 5.94.